The van der Waals surface area contributed by atoms with Gasteiger partial charge in [-0.1, -0.05) is 78.3 Å². The van der Waals surface area contributed by atoms with Gasteiger partial charge < -0.3 is 5.32 Å². The fourth-order valence-electron chi connectivity index (χ4n) is 4.03. The lowest BCUT2D eigenvalue weighted by molar-refractivity contribution is -0.137. The first-order chi connectivity index (χ1) is 15.8. The van der Waals surface area contributed by atoms with Gasteiger partial charge in [0.1, 0.15) is 6.04 Å². The zero-order valence-electron chi connectivity index (χ0n) is 17.6. The molecule has 0 aromatic heterocycles. The van der Waals surface area contributed by atoms with Crippen molar-refractivity contribution >= 4 is 28.8 Å². The van der Waals surface area contributed by atoms with Gasteiger partial charge in [0.05, 0.1) is 10.6 Å². The molecular formula is C26H22ClF3N2O. The number of alkyl halides is 3. The number of rotatable bonds is 5. The summed E-state index contributed by atoms with van der Waals surface area (Å²) in [6.07, 6.45) is -1.74. The molecule has 0 saturated heterocycles. The Morgan fingerprint density at radius 3 is 2.24 bits per heavy atom. The van der Waals surface area contributed by atoms with Crippen LogP contribution in [0.1, 0.15) is 29.2 Å². The molecule has 0 saturated carbocycles. The maximum Gasteiger partial charge on any atom is 0.417 e. The van der Waals surface area contributed by atoms with E-state index < -0.39 is 28.7 Å². The fraction of sp³-hybridized carbons (Fsp3) is 0.192. The highest BCUT2D eigenvalue weighted by atomic mass is 35.5. The smallest absolute Gasteiger partial charge is 0.324 e. The van der Waals surface area contributed by atoms with Crippen molar-refractivity contribution in [2.24, 2.45) is 0 Å². The molecule has 3 nitrogen and oxygen atoms in total. The SMILES string of the molecule is O=C(Nc1ccc(Cl)c(C(F)(F)F)c1)C(c1ccccc1)N1CC=C(c2ccccc2)CC1. The monoisotopic (exact) mass is 470 g/mol. The maximum atomic E-state index is 13.3. The van der Waals surface area contributed by atoms with Gasteiger partial charge in [-0.2, -0.15) is 13.2 Å². The van der Waals surface area contributed by atoms with Crippen molar-refractivity contribution in [2.75, 3.05) is 18.4 Å². The van der Waals surface area contributed by atoms with Crippen molar-refractivity contribution in [2.45, 2.75) is 18.6 Å². The van der Waals surface area contributed by atoms with Crippen LogP contribution in [0, 0.1) is 0 Å². The van der Waals surface area contributed by atoms with Crippen LogP contribution in [-0.4, -0.2) is 23.9 Å². The molecule has 1 amide bonds. The van der Waals surface area contributed by atoms with Crippen LogP contribution in [0.3, 0.4) is 0 Å². The minimum absolute atomic E-state index is 0.0511. The first kappa shape index (κ1) is 23.1. The van der Waals surface area contributed by atoms with E-state index in [1.807, 2.05) is 53.4 Å². The number of anilines is 1. The van der Waals surface area contributed by atoms with Crippen molar-refractivity contribution in [1.82, 2.24) is 4.90 Å². The standard InChI is InChI=1S/C26H22ClF3N2O/c27-23-12-11-21(17-22(23)26(28,29)30)31-25(33)24(20-9-5-2-6-10-20)32-15-13-19(14-16-32)18-7-3-1-4-8-18/h1-13,17,24H,14-16H2,(H,31,33). The summed E-state index contributed by atoms with van der Waals surface area (Å²) in [5, 5.41) is 2.25. The highest BCUT2D eigenvalue weighted by Crippen LogP contribution is 2.36. The largest absolute Gasteiger partial charge is 0.417 e. The third-order valence-corrected chi connectivity index (χ3v) is 5.98. The van der Waals surface area contributed by atoms with E-state index in [1.165, 1.54) is 11.6 Å². The summed E-state index contributed by atoms with van der Waals surface area (Å²) in [7, 11) is 0. The van der Waals surface area contributed by atoms with Gasteiger partial charge in [-0.05, 0) is 41.3 Å². The molecule has 0 spiro atoms. The topological polar surface area (TPSA) is 32.3 Å². The molecule has 1 atom stereocenters. The van der Waals surface area contributed by atoms with Gasteiger partial charge in [-0.15, -0.1) is 0 Å². The summed E-state index contributed by atoms with van der Waals surface area (Å²) in [4.78, 5) is 15.3. The number of hydrogen-bond donors (Lipinski definition) is 1. The van der Waals surface area contributed by atoms with Crippen LogP contribution in [0.2, 0.25) is 5.02 Å². The van der Waals surface area contributed by atoms with Gasteiger partial charge >= 0.3 is 6.18 Å². The molecular weight excluding hydrogens is 449 g/mol. The fourth-order valence-corrected chi connectivity index (χ4v) is 4.25. The first-order valence-electron chi connectivity index (χ1n) is 10.5. The lowest BCUT2D eigenvalue weighted by Crippen LogP contribution is -2.39. The molecule has 3 aromatic rings. The van der Waals surface area contributed by atoms with E-state index in [4.69, 9.17) is 11.6 Å². The van der Waals surface area contributed by atoms with Crippen LogP contribution >= 0.6 is 11.6 Å². The van der Waals surface area contributed by atoms with Gasteiger partial charge in [0.25, 0.3) is 0 Å². The molecule has 1 aliphatic rings. The number of nitrogens with zero attached hydrogens (tertiary/aromatic N) is 1. The predicted octanol–water partition coefficient (Wildman–Crippen LogP) is 6.83. The zero-order chi connectivity index (χ0) is 23.4. The number of benzene rings is 3. The molecule has 0 bridgehead atoms. The third-order valence-electron chi connectivity index (χ3n) is 5.65. The van der Waals surface area contributed by atoms with Crippen LogP contribution in [-0.2, 0) is 11.0 Å². The second kappa shape index (κ2) is 9.81. The Morgan fingerprint density at radius 1 is 0.970 bits per heavy atom. The van der Waals surface area contributed by atoms with Crippen molar-refractivity contribution in [3.63, 3.8) is 0 Å². The van der Waals surface area contributed by atoms with Crippen LogP contribution in [0.5, 0.6) is 0 Å². The van der Waals surface area contributed by atoms with Crippen molar-refractivity contribution in [3.8, 4) is 0 Å². The van der Waals surface area contributed by atoms with Gasteiger partial charge in [0.15, 0.2) is 0 Å². The quantitative estimate of drug-likeness (QED) is 0.443. The number of amides is 1. The van der Waals surface area contributed by atoms with E-state index in [9.17, 15) is 18.0 Å². The summed E-state index contributed by atoms with van der Waals surface area (Å²) in [5.74, 6) is -0.395. The molecule has 33 heavy (non-hydrogen) atoms. The summed E-state index contributed by atoms with van der Waals surface area (Å²) >= 11 is 5.71. The Hall–Kier alpha value is -3.09. The van der Waals surface area contributed by atoms with E-state index in [0.717, 1.165) is 29.7 Å². The van der Waals surface area contributed by atoms with Crippen LogP contribution < -0.4 is 5.32 Å². The first-order valence-corrected chi connectivity index (χ1v) is 10.9. The van der Waals surface area contributed by atoms with Crippen molar-refractivity contribution < 1.29 is 18.0 Å². The number of halogens is 4. The molecule has 4 rings (SSSR count). The van der Waals surface area contributed by atoms with Crippen LogP contribution in [0.15, 0.2) is 84.9 Å². The maximum absolute atomic E-state index is 13.3. The second-order valence-corrected chi connectivity index (χ2v) is 8.24. The van der Waals surface area contributed by atoms with Crippen molar-refractivity contribution in [1.29, 1.82) is 0 Å². The second-order valence-electron chi connectivity index (χ2n) is 7.84. The van der Waals surface area contributed by atoms with Crippen LogP contribution in [0.4, 0.5) is 18.9 Å². The lowest BCUT2D eigenvalue weighted by Gasteiger charge is -2.33. The minimum Gasteiger partial charge on any atom is -0.324 e. The molecule has 1 heterocycles. The van der Waals surface area contributed by atoms with E-state index in [2.05, 4.69) is 23.5 Å². The number of nitrogens with one attached hydrogen (secondary N) is 1. The molecule has 170 valence electrons. The average Bonchev–Trinajstić information content (AvgIpc) is 2.81. The molecule has 1 unspecified atom stereocenters. The highest BCUT2D eigenvalue weighted by molar-refractivity contribution is 6.31. The Morgan fingerprint density at radius 2 is 1.64 bits per heavy atom. The zero-order valence-corrected chi connectivity index (χ0v) is 18.4. The van der Waals surface area contributed by atoms with E-state index in [1.54, 1.807) is 0 Å². The molecule has 0 aliphatic carbocycles. The molecule has 1 N–H and O–H groups in total. The Balaban J connectivity index is 1.59. The van der Waals surface area contributed by atoms with E-state index >= 15 is 0 Å². The Labute approximate surface area is 195 Å². The minimum atomic E-state index is -4.61. The lowest BCUT2D eigenvalue weighted by atomic mass is 9.96. The predicted molar refractivity (Wildman–Crippen MR) is 125 cm³/mol. The molecule has 0 fully saturated rings. The average molecular weight is 471 g/mol. The van der Waals surface area contributed by atoms with Gasteiger partial charge in [0, 0.05) is 18.8 Å². The number of hydrogen-bond acceptors (Lipinski definition) is 2. The Kier molecular flexibility index (Phi) is 6.86. The summed E-state index contributed by atoms with van der Waals surface area (Å²) < 4.78 is 39.7. The molecule has 0 radical (unpaired) electrons. The summed E-state index contributed by atoms with van der Waals surface area (Å²) in [5.41, 5.74) is 2.21. The van der Waals surface area contributed by atoms with E-state index in [0.29, 0.717) is 13.1 Å². The van der Waals surface area contributed by atoms with Crippen molar-refractivity contribution in [3.05, 3.63) is 107 Å². The van der Waals surface area contributed by atoms with Gasteiger partial charge in [-0.3, -0.25) is 9.69 Å². The Bertz CT molecular complexity index is 1150. The third kappa shape index (κ3) is 5.46. The van der Waals surface area contributed by atoms with Gasteiger partial charge in [0.2, 0.25) is 5.91 Å². The van der Waals surface area contributed by atoms with Crippen LogP contribution in [0.25, 0.3) is 5.57 Å². The summed E-state index contributed by atoms with van der Waals surface area (Å²) in [6, 6.07) is 22.0. The van der Waals surface area contributed by atoms with Gasteiger partial charge in [-0.25, -0.2) is 0 Å². The summed E-state index contributed by atoms with van der Waals surface area (Å²) in [6.45, 7) is 1.19. The number of carbonyl (C=O) groups is 1. The normalized spacial score (nSPS) is 15.6. The van der Waals surface area contributed by atoms with E-state index in [-0.39, 0.29) is 5.69 Å². The number of carbonyl (C=O) groups excluding carboxylic acids is 1. The molecule has 3 aromatic carbocycles. The molecule has 7 heteroatoms. The molecule has 1 aliphatic heterocycles. The highest BCUT2D eigenvalue weighted by Gasteiger charge is 2.34.